The molecule has 6 nitrogen and oxygen atoms in total. The molecule has 126 valence electrons. The largest absolute Gasteiger partial charge is 0.481 e. The second-order valence-electron chi connectivity index (χ2n) is 5.79. The molecule has 8 heteroatoms. The van der Waals surface area contributed by atoms with E-state index in [1.807, 2.05) is 0 Å². The summed E-state index contributed by atoms with van der Waals surface area (Å²) in [6.45, 7) is 0. The van der Waals surface area contributed by atoms with E-state index in [-0.39, 0.29) is 17.9 Å². The second-order valence-corrected chi connectivity index (χ2v) is 6.63. The molecule has 2 N–H and O–H groups in total. The van der Waals surface area contributed by atoms with Crippen LogP contribution in [0.3, 0.4) is 0 Å². The third-order valence-corrected chi connectivity index (χ3v) is 4.66. The topological polar surface area (TPSA) is 84.2 Å². The van der Waals surface area contributed by atoms with E-state index in [1.165, 1.54) is 10.9 Å². The summed E-state index contributed by atoms with van der Waals surface area (Å²) in [6, 6.07) is 4.88. The van der Waals surface area contributed by atoms with Gasteiger partial charge in [-0.1, -0.05) is 23.2 Å². The van der Waals surface area contributed by atoms with E-state index in [1.54, 1.807) is 24.4 Å². The molecule has 1 fully saturated rings. The number of carboxylic acid groups (broad SMARTS) is 1. The molecule has 0 saturated heterocycles. The Labute approximate surface area is 148 Å². The molecule has 3 rings (SSSR count). The predicted molar refractivity (Wildman–Crippen MR) is 89.8 cm³/mol. The van der Waals surface area contributed by atoms with Gasteiger partial charge >= 0.3 is 5.97 Å². The van der Waals surface area contributed by atoms with Crippen LogP contribution in [0, 0.1) is 5.92 Å². The smallest absolute Gasteiger partial charge is 0.306 e. The highest BCUT2D eigenvalue weighted by Gasteiger charge is 2.30. The highest BCUT2D eigenvalue weighted by Crippen LogP contribution is 2.26. The van der Waals surface area contributed by atoms with Gasteiger partial charge in [0.2, 0.25) is 0 Å². The monoisotopic (exact) mass is 367 g/mol. The number of hydrogen-bond donors (Lipinski definition) is 2. The average Bonchev–Trinajstić information content (AvgIpc) is 3.16. The highest BCUT2D eigenvalue weighted by atomic mass is 35.5. The van der Waals surface area contributed by atoms with Crippen LogP contribution < -0.4 is 5.32 Å². The van der Waals surface area contributed by atoms with E-state index in [9.17, 15) is 9.59 Å². The molecule has 0 radical (unpaired) electrons. The SMILES string of the molecule is O=C(N[C@@H]1CC[C@H](C(=O)O)C1)c1cnn(-c2ccc(Cl)cc2Cl)c1. The Morgan fingerprint density at radius 2 is 2.08 bits per heavy atom. The maximum Gasteiger partial charge on any atom is 0.306 e. The number of rotatable bonds is 4. The van der Waals surface area contributed by atoms with Crippen molar-refractivity contribution in [3.8, 4) is 5.69 Å². The van der Waals surface area contributed by atoms with Crippen molar-refractivity contribution in [2.24, 2.45) is 5.92 Å². The molecule has 0 unspecified atom stereocenters. The Bertz CT molecular complexity index is 791. The Kier molecular flexibility index (Phi) is 4.78. The maximum atomic E-state index is 12.3. The Hall–Kier alpha value is -2.05. The molecule has 0 aliphatic heterocycles. The molecule has 1 aromatic heterocycles. The lowest BCUT2D eigenvalue weighted by molar-refractivity contribution is -0.141. The first-order valence-electron chi connectivity index (χ1n) is 7.48. The van der Waals surface area contributed by atoms with Crippen LogP contribution in [0.5, 0.6) is 0 Å². The summed E-state index contributed by atoms with van der Waals surface area (Å²) in [4.78, 5) is 23.3. The number of benzene rings is 1. The van der Waals surface area contributed by atoms with Gasteiger partial charge in [-0.3, -0.25) is 9.59 Å². The van der Waals surface area contributed by atoms with E-state index in [2.05, 4.69) is 10.4 Å². The van der Waals surface area contributed by atoms with Crippen LogP contribution in [0.15, 0.2) is 30.6 Å². The Morgan fingerprint density at radius 3 is 2.75 bits per heavy atom. The van der Waals surface area contributed by atoms with Crippen LogP contribution in [-0.4, -0.2) is 32.8 Å². The number of carboxylic acids is 1. The molecule has 1 aliphatic rings. The summed E-state index contributed by atoms with van der Waals surface area (Å²) in [5.74, 6) is -1.47. The average molecular weight is 368 g/mol. The van der Waals surface area contributed by atoms with E-state index in [0.29, 0.717) is 40.6 Å². The number of halogens is 2. The van der Waals surface area contributed by atoms with Crippen LogP contribution in [-0.2, 0) is 4.79 Å². The van der Waals surface area contributed by atoms with Crippen molar-refractivity contribution in [3.05, 3.63) is 46.2 Å². The number of aromatic nitrogens is 2. The van der Waals surface area contributed by atoms with Crippen molar-refractivity contribution in [3.63, 3.8) is 0 Å². The van der Waals surface area contributed by atoms with Gasteiger partial charge in [-0.2, -0.15) is 5.10 Å². The van der Waals surface area contributed by atoms with Crippen LogP contribution in [0.25, 0.3) is 5.69 Å². The van der Waals surface area contributed by atoms with Crippen molar-refractivity contribution < 1.29 is 14.7 Å². The van der Waals surface area contributed by atoms with Crippen molar-refractivity contribution in [2.45, 2.75) is 25.3 Å². The summed E-state index contributed by atoms with van der Waals surface area (Å²) < 4.78 is 1.50. The second kappa shape index (κ2) is 6.83. The molecule has 24 heavy (non-hydrogen) atoms. The first kappa shape index (κ1) is 16.8. The van der Waals surface area contributed by atoms with Crippen LogP contribution in [0.1, 0.15) is 29.6 Å². The summed E-state index contributed by atoms with van der Waals surface area (Å²) in [6.07, 6.45) is 4.73. The first-order valence-corrected chi connectivity index (χ1v) is 8.23. The van der Waals surface area contributed by atoms with Gasteiger partial charge in [-0.05, 0) is 37.5 Å². The van der Waals surface area contributed by atoms with E-state index >= 15 is 0 Å². The van der Waals surface area contributed by atoms with E-state index in [4.69, 9.17) is 28.3 Å². The number of carbonyl (C=O) groups excluding carboxylic acids is 1. The molecule has 0 bridgehead atoms. The molecular formula is C16H15Cl2N3O3. The zero-order valence-corrected chi connectivity index (χ0v) is 14.1. The maximum absolute atomic E-state index is 12.3. The fourth-order valence-corrected chi connectivity index (χ4v) is 3.34. The van der Waals surface area contributed by atoms with Crippen LogP contribution >= 0.6 is 23.2 Å². The third kappa shape index (κ3) is 3.55. The summed E-state index contributed by atoms with van der Waals surface area (Å²) in [5.41, 5.74) is 1.01. The zero-order chi connectivity index (χ0) is 17.3. The molecule has 2 atom stereocenters. The number of amides is 1. The van der Waals surface area contributed by atoms with Gasteiger partial charge in [-0.25, -0.2) is 4.68 Å². The molecule has 1 aromatic carbocycles. The standard InChI is InChI=1S/C16H15Cl2N3O3/c17-11-2-4-14(13(18)6-11)21-8-10(7-19-21)15(22)20-12-3-1-9(5-12)16(23)24/h2,4,6-9,12H,1,3,5H2,(H,20,22)(H,23,24)/t9-,12+/m0/s1. The van der Waals surface area contributed by atoms with Crippen LogP contribution in [0.2, 0.25) is 10.0 Å². The van der Waals surface area contributed by atoms with Gasteiger partial charge in [0.1, 0.15) is 0 Å². The number of carbonyl (C=O) groups is 2. The molecule has 1 saturated carbocycles. The molecule has 1 aliphatic carbocycles. The van der Waals surface area contributed by atoms with Crippen molar-refractivity contribution >= 4 is 35.1 Å². The summed E-state index contributed by atoms with van der Waals surface area (Å²) in [7, 11) is 0. The number of nitrogens with zero attached hydrogens (tertiary/aromatic N) is 2. The summed E-state index contributed by atoms with van der Waals surface area (Å²) in [5, 5.41) is 17.0. The predicted octanol–water partition coefficient (Wildman–Crippen LogP) is 3.16. The minimum Gasteiger partial charge on any atom is -0.481 e. The molecule has 1 heterocycles. The van der Waals surface area contributed by atoms with Crippen molar-refractivity contribution in [1.82, 2.24) is 15.1 Å². The van der Waals surface area contributed by atoms with Gasteiger partial charge in [0.15, 0.2) is 0 Å². The van der Waals surface area contributed by atoms with Crippen LogP contribution in [0.4, 0.5) is 0 Å². The summed E-state index contributed by atoms with van der Waals surface area (Å²) >= 11 is 12.0. The molecule has 0 spiro atoms. The fourth-order valence-electron chi connectivity index (χ4n) is 2.84. The van der Waals surface area contributed by atoms with Gasteiger partial charge in [0.05, 0.1) is 28.4 Å². The quantitative estimate of drug-likeness (QED) is 0.868. The van der Waals surface area contributed by atoms with Crippen molar-refractivity contribution in [2.75, 3.05) is 0 Å². The van der Waals surface area contributed by atoms with Gasteiger partial charge < -0.3 is 10.4 Å². The Balaban J connectivity index is 1.69. The normalized spacial score (nSPS) is 20.1. The third-order valence-electron chi connectivity index (χ3n) is 4.12. The van der Waals surface area contributed by atoms with Gasteiger partial charge in [0.25, 0.3) is 5.91 Å². The molecular weight excluding hydrogens is 353 g/mol. The lowest BCUT2D eigenvalue weighted by Gasteiger charge is -2.11. The minimum absolute atomic E-state index is 0.124. The number of aliphatic carboxylic acids is 1. The highest BCUT2D eigenvalue weighted by molar-refractivity contribution is 6.35. The first-order chi connectivity index (χ1) is 11.4. The Morgan fingerprint density at radius 1 is 1.29 bits per heavy atom. The fraction of sp³-hybridized carbons (Fsp3) is 0.312. The van der Waals surface area contributed by atoms with E-state index < -0.39 is 5.97 Å². The van der Waals surface area contributed by atoms with Gasteiger partial charge in [0, 0.05) is 17.3 Å². The molecule has 1 amide bonds. The molecule has 2 aromatic rings. The zero-order valence-electron chi connectivity index (χ0n) is 12.6. The van der Waals surface area contributed by atoms with Gasteiger partial charge in [-0.15, -0.1) is 0 Å². The van der Waals surface area contributed by atoms with E-state index in [0.717, 1.165) is 0 Å². The minimum atomic E-state index is -0.808. The number of nitrogens with one attached hydrogen (secondary N) is 1. The lowest BCUT2D eigenvalue weighted by atomic mass is 10.1. The van der Waals surface area contributed by atoms with Crippen molar-refractivity contribution in [1.29, 1.82) is 0 Å². The lowest BCUT2D eigenvalue weighted by Crippen LogP contribution is -2.33. The number of hydrogen-bond acceptors (Lipinski definition) is 3.